The molecule has 4 N–H and O–H groups in total. The first-order valence-electron chi connectivity index (χ1n) is 13.5. The van der Waals surface area contributed by atoms with E-state index in [9.17, 15) is 13.6 Å². The molecule has 1 amide bonds. The second kappa shape index (κ2) is 11.6. The zero-order valence-corrected chi connectivity index (χ0v) is 22.2. The summed E-state index contributed by atoms with van der Waals surface area (Å²) in [7, 11) is 0. The standard InChI is InChI=1S/C29H35F2N7O/c1-2-21(14-20(16-32)18-38-12-8-29(30,31)9-13-38)22-4-7-26-25(15-22)27(36-35-26)28(39)34-23-5-6-24(33-17-23)19-37-10-3-11-37/h4-7,14-17H,2-3,8-13,18-19,32H2,1H3,(H,34,39)(H,35,36)/b20-16+,21-14+. The van der Waals surface area contributed by atoms with E-state index in [0.717, 1.165) is 54.0 Å². The van der Waals surface area contributed by atoms with Crippen molar-refractivity contribution in [1.82, 2.24) is 25.0 Å². The molecular formula is C29H35F2N7O. The highest BCUT2D eigenvalue weighted by atomic mass is 19.3. The lowest BCUT2D eigenvalue weighted by Gasteiger charge is -2.31. The van der Waals surface area contributed by atoms with E-state index < -0.39 is 5.92 Å². The van der Waals surface area contributed by atoms with E-state index in [1.165, 1.54) is 6.42 Å². The molecule has 2 fully saturated rings. The molecule has 0 radical (unpaired) electrons. The van der Waals surface area contributed by atoms with E-state index in [1.54, 1.807) is 12.4 Å². The Kier molecular flexibility index (Phi) is 8.04. The van der Waals surface area contributed by atoms with E-state index in [0.29, 0.717) is 36.4 Å². The maximum atomic E-state index is 13.5. The molecule has 2 aliphatic heterocycles. The highest BCUT2D eigenvalue weighted by Gasteiger charge is 2.33. The molecule has 4 heterocycles. The number of hydrogen-bond donors (Lipinski definition) is 3. The number of benzene rings is 1. The van der Waals surface area contributed by atoms with Crippen molar-refractivity contribution in [2.75, 3.05) is 38.0 Å². The van der Waals surface area contributed by atoms with Crippen LogP contribution in [0.1, 0.15) is 54.4 Å². The lowest BCUT2D eigenvalue weighted by molar-refractivity contribution is -0.0533. The number of aromatic amines is 1. The number of hydrogen-bond acceptors (Lipinski definition) is 6. The van der Waals surface area contributed by atoms with Crippen LogP contribution in [-0.4, -0.2) is 69.5 Å². The van der Waals surface area contributed by atoms with Gasteiger partial charge in [-0.05, 0) is 73.1 Å². The fraction of sp³-hybridized carbons (Fsp3) is 0.414. The molecular weight excluding hydrogens is 500 g/mol. The summed E-state index contributed by atoms with van der Waals surface area (Å²) in [6.45, 7) is 6.28. The first-order valence-corrected chi connectivity index (χ1v) is 13.5. The predicted octanol–water partition coefficient (Wildman–Crippen LogP) is 4.78. The number of amides is 1. The molecule has 1 aromatic carbocycles. The molecule has 5 rings (SSSR count). The quantitative estimate of drug-likeness (QED) is 0.341. The van der Waals surface area contributed by atoms with Crippen LogP contribution in [0.25, 0.3) is 16.5 Å². The molecule has 206 valence electrons. The number of allylic oxidation sites excluding steroid dienone is 1. The second-order valence-electron chi connectivity index (χ2n) is 10.4. The number of carbonyl (C=O) groups is 1. The van der Waals surface area contributed by atoms with Crippen molar-refractivity contribution >= 4 is 28.1 Å². The van der Waals surface area contributed by atoms with E-state index in [2.05, 4.69) is 25.4 Å². The van der Waals surface area contributed by atoms with E-state index in [-0.39, 0.29) is 18.7 Å². The highest BCUT2D eigenvalue weighted by molar-refractivity contribution is 6.11. The number of H-pyrrole nitrogens is 1. The minimum absolute atomic E-state index is 0.129. The summed E-state index contributed by atoms with van der Waals surface area (Å²) in [4.78, 5) is 21.9. The third-order valence-electron chi connectivity index (χ3n) is 7.51. The summed E-state index contributed by atoms with van der Waals surface area (Å²) in [5.41, 5.74) is 11.4. The Labute approximate surface area is 227 Å². The van der Waals surface area contributed by atoms with E-state index >= 15 is 0 Å². The number of alkyl halides is 2. The van der Waals surface area contributed by atoms with Gasteiger partial charge >= 0.3 is 0 Å². The van der Waals surface area contributed by atoms with Crippen LogP contribution >= 0.6 is 0 Å². The molecule has 39 heavy (non-hydrogen) atoms. The molecule has 0 aliphatic carbocycles. The van der Waals surface area contributed by atoms with Gasteiger partial charge in [0.15, 0.2) is 5.69 Å². The minimum Gasteiger partial charge on any atom is -0.404 e. The Morgan fingerprint density at radius 1 is 1.15 bits per heavy atom. The number of carbonyl (C=O) groups excluding carboxylic acids is 1. The Balaban J connectivity index is 1.30. The average Bonchev–Trinajstić information content (AvgIpc) is 3.34. The van der Waals surface area contributed by atoms with Crippen LogP contribution in [-0.2, 0) is 6.54 Å². The van der Waals surface area contributed by atoms with E-state index in [1.807, 2.05) is 48.2 Å². The first-order chi connectivity index (χ1) is 18.8. The largest absolute Gasteiger partial charge is 0.404 e. The number of nitrogens with two attached hydrogens (primary N) is 1. The maximum absolute atomic E-state index is 13.5. The minimum atomic E-state index is -2.58. The monoisotopic (exact) mass is 535 g/mol. The molecule has 0 saturated carbocycles. The summed E-state index contributed by atoms with van der Waals surface area (Å²) in [6, 6.07) is 9.64. The van der Waals surface area contributed by atoms with Gasteiger partial charge in [0.2, 0.25) is 0 Å². The Morgan fingerprint density at radius 3 is 2.59 bits per heavy atom. The summed E-state index contributed by atoms with van der Waals surface area (Å²) >= 11 is 0. The van der Waals surface area contributed by atoms with Gasteiger partial charge in [0.05, 0.1) is 23.1 Å². The molecule has 8 nitrogen and oxygen atoms in total. The Hall–Kier alpha value is -3.63. The number of nitrogens with zero attached hydrogens (tertiary/aromatic N) is 4. The van der Waals surface area contributed by atoms with Crippen LogP contribution in [0.15, 0.2) is 54.4 Å². The number of aromatic nitrogens is 3. The number of fused-ring (bicyclic) bond motifs is 1. The summed E-state index contributed by atoms with van der Waals surface area (Å²) in [5, 5.41) is 10.8. The molecule has 2 aromatic heterocycles. The van der Waals surface area contributed by atoms with Crippen molar-refractivity contribution in [3.63, 3.8) is 0 Å². The van der Waals surface area contributed by atoms with Crippen molar-refractivity contribution in [3.05, 3.63) is 71.3 Å². The van der Waals surface area contributed by atoms with Crippen molar-refractivity contribution in [3.8, 4) is 0 Å². The third kappa shape index (κ3) is 6.51. The topological polar surface area (TPSA) is 103 Å². The third-order valence-corrected chi connectivity index (χ3v) is 7.51. The number of likely N-dealkylation sites (tertiary alicyclic amines) is 2. The number of halogens is 2. The Bertz CT molecular complexity index is 1370. The van der Waals surface area contributed by atoms with Gasteiger partial charge < -0.3 is 11.1 Å². The fourth-order valence-corrected chi connectivity index (χ4v) is 4.99. The predicted molar refractivity (Wildman–Crippen MR) is 149 cm³/mol. The first kappa shape index (κ1) is 27.0. The fourth-order valence-electron chi connectivity index (χ4n) is 4.99. The molecule has 0 atom stereocenters. The molecule has 0 bridgehead atoms. The zero-order chi connectivity index (χ0) is 27.4. The number of pyridine rings is 1. The summed E-state index contributed by atoms with van der Waals surface area (Å²) in [5.74, 6) is -2.90. The number of anilines is 1. The normalized spacial score (nSPS) is 18.7. The van der Waals surface area contributed by atoms with Crippen molar-refractivity contribution in [1.29, 1.82) is 0 Å². The maximum Gasteiger partial charge on any atom is 0.276 e. The van der Waals surface area contributed by atoms with Crippen LogP contribution in [0, 0.1) is 0 Å². The van der Waals surface area contributed by atoms with Gasteiger partial charge in [-0.3, -0.25) is 24.7 Å². The summed E-state index contributed by atoms with van der Waals surface area (Å²) in [6.07, 6.45) is 6.94. The van der Waals surface area contributed by atoms with Crippen LogP contribution in [0.2, 0.25) is 0 Å². The van der Waals surface area contributed by atoms with Gasteiger partial charge in [-0.1, -0.05) is 19.1 Å². The van der Waals surface area contributed by atoms with Crippen LogP contribution in [0.5, 0.6) is 0 Å². The molecule has 2 aliphatic rings. The van der Waals surface area contributed by atoms with E-state index in [4.69, 9.17) is 5.73 Å². The van der Waals surface area contributed by atoms with Gasteiger partial charge in [0.25, 0.3) is 11.8 Å². The Morgan fingerprint density at radius 2 is 1.95 bits per heavy atom. The highest BCUT2D eigenvalue weighted by Crippen LogP contribution is 2.29. The van der Waals surface area contributed by atoms with Crippen LogP contribution in [0.4, 0.5) is 14.5 Å². The van der Waals surface area contributed by atoms with Crippen LogP contribution < -0.4 is 11.1 Å². The van der Waals surface area contributed by atoms with Gasteiger partial charge in [-0.15, -0.1) is 0 Å². The number of nitrogens with one attached hydrogen (secondary N) is 2. The average molecular weight is 536 g/mol. The summed E-state index contributed by atoms with van der Waals surface area (Å²) < 4.78 is 27.1. The van der Waals surface area contributed by atoms with Gasteiger partial charge in [0, 0.05) is 44.4 Å². The number of rotatable bonds is 9. The van der Waals surface area contributed by atoms with Crippen molar-refractivity contribution < 1.29 is 13.6 Å². The zero-order valence-electron chi connectivity index (χ0n) is 22.2. The lowest BCUT2D eigenvalue weighted by Crippen LogP contribution is -2.40. The molecule has 3 aromatic rings. The molecule has 0 unspecified atom stereocenters. The second-order valence-corrected chi connectivity index (χ2v) is 10.4. The van der Waals surface area contributed by atoms with Gasteiger partial charge in [-0.25, -0.2) is 8.78 Å². The molecule has 0 spiro atoms. The molecule has 2 saturated heterocycles. The van der Waals surface area contributed by atoms with Crippen LogP contribution in [0.3, 0.4) is 0 Å². The SMILES string of the molecule is CC/C(=C\C(=C/N)CN1CCC(F)(F)CC1)c1ccc2[nH]nc(C(=O)Nc3ccc(CN4CCC4)nc3)c2c1. The van der Waals surface area contributed by atoms with Crippen molar-refractivity contribution in [2.24, 2.45) is 5.73 Å². The van der Waals surface area contributed by atoms with Gasteiger partial charge in [0.1, 0.15) is 0 Å². The molecule has 10 heteroatoms. The lowest BCUT2D eigenvalue weighted by atomic mass is 9.98. The van der Waals surface area contributed by atoms with Gasteiger partial charge in [-0.2, -0.15) is 5.10 Å². The van der Waals surface area contributed by atoms with Crippen molar-refractivity contribution in [2.45, 2.75) is 45.1 Å². The number of piperidine rings is 1. The smallest absolute Gasteiger partial charge is 0.276 e.